The summed E-state index contributed by atoms with van der Waals surface area (Å²) in [5.74, 6) is 0.326. The molecular formula is C13H22ClN3O2S. The summed E-state index contributed by atoms with van der Waals surface area (Å²) in [6, 6.07) is 3.22. The van der Waals surface area contributed by atoms with Gasteiger partial charge in [-0.05, 0) is 32.1 Å². The molecule has 114 valence electrons. The molecule has 0 amide bonds. The normalized spacial score (nSPS) is 12.3. The van der Waals surface area contributed by atoms with Crippen LogP contribution < -0.4 is 0 Å². The van der Waals surface area contributed by atoms with Crippen LogP contribution in [-0.4, -0.2) is 56.3 Å². The predicted octanol–water partition coefficient (Wildman–Crippen LogP) is 1.78. The Morgan fingerprint density at radius 2 is 1.90 bits per heavy atom. The number of alkyl halides is 1. The minimum atomic E-state index is -3.53. The van der Waals surface area contributed by atoms with Crippen LogP contribution in [0.3, 0.4) is 0 Å². The van der Waals surface area contributed by atoms with E-state index in [-0.39, 0.29) is 5.03 Å². The molecule has 0 saturated carbocycles. The first-order valence-corrected chi connectivity index (χ1v) is 8.55. The van der Waals surface area contributed by atoms with Crippen molar-refractivity contribution in [1.82, 2.24) is 14.2 Å². The maximum Gasteiger partial charge on any atom is 0.260 e. The molecule has 0 aliphatic carbocycles. The third-order valence-corrected chi connectivity index (χ3v) is 4.95. The highest BCUT2D eigenvalue weighted by molar-refractivity contribution is 7.89. The highest BCUT2D eigenvalue weighted by Crippen LogP contribution is 2.14. The van der Waals surface area contributed by atoms with E-state index >= 15 is 0 Å². The van der Waals surface area contributed by atoms with Crippen molar-refractivity contribution in [2.24, 2.45) is 0 Å². The Bertz CT molecular complexity index is 503. The van der Waals surface area contributed by atoms with E-state index < -0.39 is 10.0 Å². The number of hydrogen-bond donors (Lipinski definition) is 0. The lowest BCUT2D eigenvalue weighted by Crippen LogP contribution is -2.37. The van der Waals surface area contributed by atoms with E-state index in [1.54, 1.807) is 6.07 Å². The monoisotopic (exact) mass is 319 g/mol. The van der Waals surface area contributed by atoms with Crippen LogP contribution in [0.5, 0.6) is 0 Å². The van der Waals surface area contributed by atoms with Crippen molar-refractivity contribution < 1.29 is 8.42 Å². The molecule has 0 fully saturated rings. The van der Waals surface area contributed by atoms with E-state index in [4.69, 9.17) is 11.6 Å². The smallest absolute Gasteiger partial charge is 0.260 e. The van der Waals surface area contributed by atoms with Crippen LogP contribution in [0.2, 0.25) is 0 Å². The molecule has 0 atom stereocenters. The van der Waals surface area contributed by atoms with Gasteiger partial charge in [0.25, 0.3) is 10.0 Å². The quantitative estimate of drug-likeness (QED) is 0.685. The molecule has 20 heavy (non-hydrogen) atoms. The van der Waals surface area contributed by atoms with Crippen molar-refractivity contribution >= 4 is 21.6 Å². The average Bonchev–Trinajstić information content (AvgIpc) is 2.43. The van der Waals surface area contributed by atoms with E-state index in [9.17, 15) is 8.42 Å². The van der Waals surface area contributed by atoms with Crippen molar-refractivity contribution in [2.75, 3.05) is 33.7 Å². The fourth-order valence-electron chi connectivity index (χ4n) is 1.69. The summed E-state index contributed by atoms with van der Waals surface area (Å²) in [5.41, 5.74) is 0.806. The van der Waals surface area contributed by atoms with Crippen molar-refractivity contribution in [3.63, 3.8) is 0 Å². The molecule has 0 radical (unpaired) electrons. The Kier molecular flexibility index (Phi) is 6.88. The first-order chi connectivity index (χ1) is 9.41. The van der Waals surface area contributed by atoms with Crippen LogP contribution in [0.4, 0.5) is 0 Å². The van der Waals surface area contributed by atoms with Crippen molar-refractivity contribution in [3.05, 3.63) is 23.9 Å². The van der Waals surface area contributed by atoms with Gasteiger partial charge >= 0.3 is 0 Å². The van der Waals surface area contributed by atoms with Gasteiger partial charge in [0, 0.05) is 31.7 Å². The first-order valence-electron chi connectivity index (χ1n) is 6.57. The van der Waals surface area contributed by atoms with Gasteiger partial charge in [-0.3, -0.25) is 0 Å². The van der Waals surface area contributed by atoms with Gasteiger partial charge < -0.3 is 4.90 Å². The summed E-state index contributed by atoms with van der Waals surface area (Å²) < 4.78 is 26.6. The molecule has 0 N–H and O–H groups in total. The van der Waals surface area contributed by atoms with Gasteiger partial charge in [0.05, 0.1) is 0 Å². The highest BCUT2D eigenvalue weighted by atomic mass is 35.5. The largest absolute Gasteiger partial charge is 0.308 e. The predicted molar refractivity (Wildman–Crippen MR) is 81.4 cm³/mol. The third-order valence-electron chi connectivity index (χ3n) is 2.83. The summed E-state index contributed by atoms with van der Waals surface area (Å²) >= 11 is 5.68. The van der Waals surface area contributed by atoms with Gasteiger partial charge in [-0.1, -0.05) is 13.0 Å². The van der Waals surface area contributed by atoms with E-state index in [2.05, 4.69) is 4.98 Å². The Hall–Kier alpha value is -0.690. The van der Waals surface area contributed by atoms with Gasteiger partial charge in [-0.15, -0.1) is 11.6 Å². The molecule has 0 spiro atoms. The van der Waals surface area contributed by atoms with Gasteiger partial charge in [-0.25, -0.2) is 13.4 Å². The summed E-state index contributed by atoms with van der Waals surface area (Å²) in [7, 11) is 0.310. The molecule has 7 heteroatoms. The molecule has 1 aromatic heterocycles. The topological polar surface area (TPSA) is 53.5 Å². The number of sulfonamides is 1. The van der Waals surface area contributed by atoms with E-state index in [0.29, 0.717) is 25.5 Å². The van der Waals surface area contributed by atoms with Crippen molar-refractivity contribution in [3.8, 4) is 0 Å². The highest BCUT2D eigenvalue weighted by Gasteiger charge is 2.24. The minimum absolute atomic E-state index is 0.0820. The molecule has 0 saturated heterocycles. The van der Waals surface area contributed by atoms with E-state index in [0.717, 1.165) is 12.0 Å². The molecule has 1 rings (SSSR count). The van der Waals surface area contributed by atoms with Gasteiger partial charge in [-0.2, -0.15) is 4.31 Å². The maximum absolute atomic E-state index is 12.5. The van der Waals surface area contributed by atoms with Crippen LogP contribution in [0.25, 0.3) is 0 Å². The SMILES string of the molecule is CCCN(CCN(C)C)S(=O)(=O)c1ccc(CCl)cn1. The van der Waals surface area contributed by atoms with Crippen molar-refractivity contribution in [2.45, 2.75) is 24.3 Å². The zero-order valence-corrected chi connectivity index (χ0v) is 13.8. The van der Waals surface area contributed by atoms with Gasteiger partial charge in [0.1, 0.15) is 0 Å². The van der Waals surface area contributed by atoms with Crippen LogP contribution in [-0.2, 0) is 15.9 Å². The molecule has 1 aromatic rings. The molecule has 5 nitrogen and oxygen atoms in total. The lowest BCUT2D eigenvalue weighted by Gasteiger charge is -2.22. The maximum atomic E-state index is 12.5. The van der Waals surface area contributed by atoms with Gasteiger partial charge in [0.15, 0.2) is 5.03 Å². The molecule has 0 aliphatic heterocycles. The molecular weight excluding hydrogens is 298 g/mol. The summed E-state index contributed by atoms with van der Waals surface area (Å²) in [6.45, 7) is 3.60. The van der Waals surface area contributed by atoms with E-state index in [1.165, 1.54) is 16.6 Å². The Morgan fingerprint density at radius 3 is 2.35 bits per heavy atom. The standard InChI is InChI=1S/C13H22ClN3O2S/c1-4-7-17(9-8-16(2)3)20(18,19)13-6-5-12(10-14)11-15-13/h5-6,11H,4,7-10H2,1-3H3. The number of likely N-dealkylation sites (N-methyl/N-ethyl adjacent to an activating group) is 1. The number of rotatable bonds is 8. The number of nitrogens with zero attached hydrogens (tertiary/aromatic N) is 3. The minimum Gasteiger partial charge on any atom is -0.308 e. The van der Waals surface area contributed by atoms with Crippen LogP contribution in [0, 0.1) is 0 Å². The van der Waals surface area contributed by atoms with Crippen molar-refractivity contribution in [1.29, 1.82) is 0 Å². The lowest BCUT2D eigenvalue weighted by molar-refractivity contribution is 0.332. The second kappa shape index (κ2) is 7.93. The number of hydrogen-bond acceptors (Lipinski definition) is 4. The summed E-state index contributed by atoms with van der Waals surface area (Å²) in [5, 5.41) is 0.0820. The van der Waals surface area contributed by atoms with E-state index in [1.807, 2.05) is 25.9 Å². The lowest BCUT2D eigenvalue weighted by atomic mass is 10.3. The number of halogens is 1. The number of pyridine rings is 1. The molecule has 0 aromatic carbocycles. The average molecular weight is 320 g/mol. The molecule has 0 aliphatic rings. The second-order valence-electron chi connectivity index (χ2n) is 4.85. The summed E-state index contributed by atoms with van der Waals surface area (Å²) in [6.07, 6.45) is 2.28. The third kappa shape index (κ3) is 4.70. The Morgan fingerprint density at radius 1 is 1.20 bits per heavy atom. The summed E-state index contributed by atoms with van der Waals surface area (Å²) in [4.78, 5) is 5.98. The Labute approximate surface area is 126 Å². The fraction of sp³-hybridized carbons (Fsp3) is 0.615. The fourth-order valence-corrected chi connectivity index (χ4v) is 3.28. The second-order valence-corrected chi connectivity index (χ2v) is 7.00. The zero-order valence-electron chi connectivity index (χ0n) is 12.2. The molecule has 0 unspecified atom stereocenters. The van der Waals surface area contributed by atoms with Crippen LogP contribution in [0.1, 0.15) is 18.9 Å². The number of aromatic nitrogens is 1. The zero-order chi connectivity index (χ0) is 15.2. The molecule has 1 heterocycles. The Balaban J connectivity index is 2.95. The van der Waals surface area contributed by atoms with Crippen LogP contribution in [0.15, 0.2) is 23.4 Å². The molecule has 0 bridgehead atoms. The van der Waals surface area contributed by atoms with Gasteiger partial charge in [0.2, 0.25) is 0 Å². The first kappa shape index (κ1) is 17.4. The van der Waals surface area contributed by atoms with Crippen LogP contribution >= 0.6 is 11.6 Å².